The zero-order valence-electron chi connectivity index (χ0n) is 11.4. The molecule has 2 rings (SSSR count). The second kappa shape index (κ2) is 7.38. The molecule has 1 aliphatic carbocycles. The summed E-state index contributed by atoms with van der Waals surface area (Å²) in [6, 6.07) is 0.789. The Labute approximate surface area is 107 Å². The number of nitrogens with one attached hydrogen (secondary N) is 1. The van der Waals surface area contributed by atoms with Crippen LogP contribution in [0.1, 0.15) is 64.7 Å². The summed E-state index contributed by atoms with van der Waals surface area (Å²) in [5.41, 5.74) is 0. The first-order valence-corrected chi connectivity index (χ1v) is 7.73. The summed E-state index contributed by atoms with van der Waals surface area (Å²) in [4.78, 5) is 0. The van der Waals surface area contributed by atoms with Crippen molar-refractivity contribution in [2.45, 2.75) is 76.9 Å². The van der Waals surface area contributed by atoms with E-state index in [1.807, 2.05) is 0 Å². The van der Waals surface area contributed by atoms with Crippen molar-refractivity contribution in [3.8, 4) is 0 Å². The van der Waals surface area contributed by atoms with E-state index in [2.05, 4.69) is 12.2 Å². The summed E-state index contributed by atoms with van der Waals surface area (Å²) in [5.74, 6) is 0.979. The summed E-state index contributed by atoms with van der Waals surface area (Å²) in [6.07, 6.45) is 12.7. The number of ether oxygens (including phenoxy) is 1. The van der Waals surface area contributed by atoms with Crippen molar-refractivity contribution in [2.24, 2.45) is 5.92 Å². The van der Waals surface area contributed by atoms with E-state index in [-0.39, 0.29) is 0 Å². The Morgan fingerprint density at radius 2 is 2.06 bits per heavy atom. The first kappa shape index (κ1) is 13.4. The molecule has 0 aromatic rings. The lowest BCUT2D eigenvalue weighted by molar-refractivity contribution is 0.0109. The SMILES string of the molecule is CCC1CCCC(NCCC2CCCCO2)C1. The minimum atomic E-state index is 0.543. The van der Waals surface area contributed by atoms with E-state index in [1.54, 1.807) is 0 Å². The molecule has 3 unspecified atom stereocenters. The largest absolute Gasteiger partial charge is 0.378 e. The lowest BCUT2D eigenvalue weighted by Gasteiger charge is -2.30. The molecule has 17 heavy (non-hydrogen) atoms. The molecule has 100 valence electrons. The average molecular weight is 239 g/mol. The van der Waals surface area contributed by atoms with Gasteiger partial charge in [-0.25, -0.2) is 0 Å². The predicted octanol–water partition coefficient (Wildman–Crippen LogP) is 3.50. The Morgan fingerprint density at radius 1 is 1.12 bits per heavy atom. The van der Waals surface area contributed by atoms with Crippen LogP contribution in [0.5, 0.6) is 0 Å². The molecule has 0 bridgehead atoms. The van der Waals surface area contributed by atoms with Gasteiger partial charge in [0.05, 0.1) is 6.10 Å². The van der Waals surface area contributed by atoms with Crippen LogP contribution in [0.3, 0.4) is 0 Å². The van der Waals surface area contributed by atoms with E-state index in [0.29, 0.717) is 6.10 Å². The van der Waals surface area contributed by atoms with Crippen molar-refractivity contribution in [3.05, 3.63) is 0 Å². The molecule has 2 aliphatic rings. The molecule has 0 aromatic heterocycles. The van der Waals surface area contributed by atoms with Crippen LogP contribution in [-0.2, 0) is 4.74 Å². The lowest BCUT2D eigenvalue weighted by atomic mass is 9.84. The van der Waals surface area contributed by atoms with E-state index < -0.39 is 0 Å². The maximum absolute atomic E-state index is 5.77. The standard InChI is InChI=1S/C15H29NO/c1-2-13-6-5-7-14(12-13)16-10-9-15-8-3-4-11-17-15/h13-16H,2-12H2,1H3. The van der Waals surface area contributed by atoms with Crippen LogP contribution in [0.2, 0.25) is 0 Å². The second-order valence-corrected chi connectivity index (χ2v) is 5.87. The van der Waals surface area contributed by atoms with Crippen LogP contribution in [0, 0.1) is 5.92 Å². The molecule has 0 radical (unpaired) electrons. The van der Waals surface area contributed by atoms with E-state index >= 15 is 0 Å². The first-order valence-electron chi connectivity index (χ1n) is 7.73. The Morgan fingerprint density at radius 3 is 2.82 bits per heavy atom. The maximum Gasteiger partial charge on any atom is 0.0587 e. The molecule has 2 fully saturated rings. The first-order chi connectivity index (χ1) is 8.38. The maximum atomic E-state index is 5.77. The summed E-state index contributed by atoms with van der Waals surface area (Å²) in [6.45, 7) is 4.49. The number of hydrogen-bond acceptors (Lipinski definition) is 2. The Bertz CT molecular complexity index is 201. The van der Waals surface area contributed by atoms with Crippen LogP contribution >= 0.6 is 0 Å². The van der Waals surface area contributed by atoms with Gasteiger partial charge in [-0.15, -0.1) is 0 Å². The van der Waals surface area contributed by atoms with Crippen molar-refractivity contribution in [1.29, 1.82) is 0 Å². The highest BCUT2D eigenvalue weighted by Gasteiger charge is 2.20. The van der Waals surface area contributed by atoms with Crippen molar-refractivity contribution in [3.63, 3.8) is 0 Å². The molecule has 0 aromatic carbocycles. The minimum absolute atomic E-state index is 0.543. The molecule has 2 nitrogen and oxygen atoms in total. The summed E-state index contributed by atoms with van der Waals surface area (Å²) in [7, 11) is 0. The van der Waals surface area contributed by atoms with E-state index in [0.717, 1.165) is 25.1 Å². The van der Waals surface area contributed by atoms with Gasteiger partial charge in [0.25, 0.3) is 0 Å². The highest BCUT2D eigenvalue weighted by molar-refractivity contribution is 4.78. The van der Waals surface area contributed by atoms with Gasteiger partial charge < -0.3 is 10.1 Å². The fraction of sp³-hybridized carbons (Fsp3) is 1.00. The van der Waals surface area contributed by atoms with Gasteiger partial charge in [-0.05, 0) is 51.0 Å². The average Bonchev–Trinajstić information content (AvgIpc) is 2.40. The van der Waals surface area contributed by atoms with E-state index in [9.17, 15) is 0 Å². The molecule has 1 saturated carbocycles. The monoisotopic (exact) mass is 239 g/mol. The molecule has 1 N–H and O–H groups in total. The molecule has 1 saturated heterocycles. The molecule has 0 amide bonds. The molecule has 3 atom stereocenters. The van der Waals surface area contributed by atoms with Gasteiger partial charge >= 0.3 is 0 Å². The van der Waals surface area contributed by atoms with Crippen molar-refractivity contribution in [2.75, 3.05) is 13.2 Å². The van der Waals surface area contributed by atoms with Crippen molar-refractivity contribution in [1.82, 2.24) is 5.32 Å². The van der Waals surface area contributed by atoms with Gasteiger partial charge in [0, 0.05) is 12.6 Å². The summed E-state index contributed by atoms with van der Waals surface area (Å²) < 4.78 is 5.77. The third kappa shape index (κ3) is 4.59. The third-order valence-corrected chi connectivity index (χ3v) is 4.53. The van der Waals surface area contributed by atoms with Crippen LogP contribution in [-0.4, -0.2) is 25.3 Å². The van der Waals surface area contributed by atoms with E-state index in [4.69, 9.17) is 4.74 Å². The molecule has 1 aliphatic heterocycles. The fourth-order valence-corrected chi connectivity index (χ4v) is 3.33. The van der Waals surface area contributed by atoms with Gasteiger partial charge in [0.2, 0.25) is 0 Å². The highest BCUT2D eigenvalue weighted by atomic mass is 16.5. The lowest BCUT2D eigenvalue weighted by Crippen LogP contribution is -2.36. The van der Waals surface area contributed by atoms with Crippen LogP contribution in [0.4, 0.5) is 0 Å². The molecule has 1 heterocycles. The van der Waals surface area contributed by atoms with Crippen LogP contribution in [0.25, 0.3) is 0 Å². The molecular weight excluding hydrogens is 210 g/mol. The zero-order valence-corrected chi connectivity index (χ0v) is 11.4. The normalized spacial score (nSPS) is 34.8. The number of hydrogen-bond donors (Lipinski definition) is 1. The minimum Gasteiger partial charge on any atom is -0.378 e. The summed E-state index contributed by atoms with van der Waals surface area (Å²) >= 11 is 0. The van der Waals surface area contributed by atoms with Crippen molar-refractivity contribution < 1.29 is 4.74 Å². The summed E-state index contributed by atoms with van der Waals surface area (Å²) in [5, 5.41) is 3.75. The highest BCUT2D eigenvalue weighted by Crippen LogP contribution is 2.26. The van der Waals surface area contributed by atoms with Crippen LogP contribution < -0.4 is 5.32 Å². The fourth-order valence-electron chi connectivity index (χ4n) is 3.33. The van der Waals surface area contributed by atoms with Gasteiger partial charge in [-0.3, -0.25) is 0 Å². The van der Waals surface area contributed by atoms with Crippen molar-refractivity contribution >= 4 is 0 Å². The van der Waals surface area contributed by atoms with Gasteiger partial charge in [-0.1, -0.05) is 26.2 Å². The molecule has 0 spiro atoms. The smallest absolute Gasteiger partial charge is 0.0587 e. The predicted molar refractivity (Wildman–Crippen MR) is 72.2 cm³/mol. The van der Waals surface area contributed by atoms with Gasteiger partial charge in [0.15, 0.2) is 0 Å². The van der Waals surface area contributed by atoms with Gasteiger partial charge in [-0.2, -0.15) is 0 Å². The molecular formula is C15H29NO. The number of rotatable bonds is 5. The van der Waals surface area contributed by atoms with Crippen LogP contribution in [0.15, 0.2) is 0 Å². The van der Waals surface area contributed by atoms with E-state index in [1.165, 1.54) is 57.8 Å². The quantitative estimate of drug-likeness (QED) is 0.793. The Hall–Kier alpha value is -0.0800. The topological polar surface area (TPSA) is 21.3 Å². The Balaban J connectivity index is 1.57. The molecule has 2 heteroatoms. The Kier molecular flexibility index (Phi) is 5.79. The van der Waals surface area contributed by atoms with Gasteiger partial charge in [0.1, 0.15) is 0 Å². The zero-order chi connectivity index (χ0) is 11.9. The third-order valence-electron chi connectivity index (χ3n) is 4.53. The second-order valence-electron chi connectivity index (χ2n) is 5.87.